The predicted molar refractivity (Wildman–Crippen MR) is 67.7 cm³/mol. The Morgan fingerprint density at radius 1 is 1.32 bits per heavy atom. The number of carboxylic acid groups (broad SMARTS) is 1. The molecule has 0 radical (unpaired) electrons. The summed E-state index contributed by atoms with van der Waals surface area (Å²) in [4.78, 5) is 10.8. The first-order valence-electron chi connectivity index (χ1n) is 5.11. The molecule has 1 atom stereocenters. The molecule has 1 unspecified atom stereocenters. The van der Waals surface area contributed by atoms with Crippen LogP contribution in [0.2, 0.25) is 10.0 Å². The summed E-state index contributed by atoms with van der Waals surface area (Å²) >= 11 is 11.5. The fourth-order valence-corrected chi connectivity index (χ4v) is 3.85. The second-order valence-corrected chi connectivity index (χ2v) is 6.61. The smallest absolute Gasteiger partial charge is 0.324 e. The van der Waals surface area contributed by atoms with Crippen molar-refractivity contribution in [2.45, 2.75) is 10.9 Å². The van der Waals surface area contributed by atoms with Crippen LogP contribution in [-0.4, -0.2) is 43.2 Å². The molecule has 1 N–H and O–H groups in total. The highest BCUT2D eigenvalue weighted by Gasteiger charge is 2.40. The monoisotopic (exact) mass is 325 g/mol. The Balaban J connectivity index is 2.44. The van der Waals surface area contributed by atoms with E-state index in [2.05, 4.69) is 0 Å². The second-order valence-electron chi connectivity index (χ2n) is 3.85. The second kappa shape index (κ2) is 5.26. The summed E-state index contributed by atoms with van der Waals surface area (Å²) in [6, 6.07) is 2.56. The van der Waals surface area contributed by atoms with E-state index in [1.807, 2.05) is 0 Å². The van der Waals surface area contributed by atoms with Crippen molar-refractivity contribution in [3.63, 3.8) is 0 Å². The fourth-order valence-electron chi connectivity index (χ4n) is 1.67. The third kappa shape index (κ3) is 2.85. The van der Waals surface area contributed by atoms with Gasteiger partial charge in [-0.1, -0.05) is 23.2 Å². The van der Waals surface area contributed by atoms with Gasteiger partial charge >= 0.3 is 5.97 Å². The fraction of sp³-hybridized carbons (Fsp3) is 0.300. The van der Waals surface area contributed by atoms with Crippen LogP contribution < -0.4 is 0 Å². The van der Waals surface area contributed by atoms with Crippen molar-refractivity contribution in [2.75, 3.05) is 13.3 Å². The average Bonchev–Trinajstić information content (AvgIpc) is 2.76. The van der Waals surface area contributed by atoms with E-state index >= 15 is 0 Å². The van der Waals surface area contributed by atoms with Gasteiger partial charge in [-0.05, 0) is 18.2 Å². The summed E-state index contributed by atoms with van der Waals surface area (Å²) in [6.45, 7) is -0.508. The molecule has 1 aliphatic heterocycles. The van der Waals surface area contributed by atoms with Crippen LogP contribution in [0.25, 0.3) is 0 Å². The number of carboxylic acids is 1. The summed E-state index contributed by atoms with van der Waals surface area (Å²) in [5.74, 6) is -1.27. The van der Waals surface area contributed by atoms with Gasteiger partial charge < -0.3 is 9.84 Å². The molecular weight excluding hydrogens is 317 g/mol. The molecule has 19 heavy (non-hydrogen) atoms. The van der Waals surface area contributed by atoms with Crippen LogP contribution in [0, 0.1) is 0 Å². The van der Waals surface area contributed by atoms with Crippen molar-refractivity contribution in [2.24, 2.45) is 0 Å². The standard InChI is InChI=1S/C10H9Cl2NO5S/c11-6-1-7(12)3-8(2-6)19(16,17)13-5-18-4-9(13)10(14)15/h1-3,9H,4-5H2,(H,14,15). The number of ether oxygens (including phenoxy) is 1. The third-order valence-corrected chi connectivity index (χ3v) is 4.81. The first-order chi connectivity index (χ1) is 8.82. The normalized spacial score (nSPS) is 20.6. The van der Waals surface area contributed by atoms with Crippen molar-refractivity contribution in [1.82, 2.24) is 4.31 Å². The summed E-state index contributed by atoms with van der Waals surface area (Å²) in [5.41, 5.74) is 0. The lowest BCUT2D eigenvalue weighted by Crippen LogP contribution is -2.41. The summed E-state index contributed by atoms with van der Waals surface area (Å²) in [5, 5.41) is 9.27. The zero-order valence-corrected chi connectivity index (χ0v) is 11.7. The van der Waals surface area contributed by atoms with Gasteiger partial charge in [0.25, 0.3) is 0 Å². The minimum atomic E-state index is -4.02. The van der Waals surface area contributed by atoms with Crippen molar-refractivity contribution < 1.29 is 23.1 Å². The maximum atomic E-state index is 12.3. The first-order valence-corrected chi connectivity index (χ1v) is 7.30. The molecule has 1 fully saturated rings. The molecule has 0 saturated carbocycles. The molecule has 1 heterocycles. The number of benzene rings is 1. The summed E-state index contributed by atoms with van der Waals surface area (Å²) in [6.07, 6.45) is 0. The molecule has 1 saturated heterocycles. The van der Waals surface area contributed by atoms with Crippen molar-refractivity contribution in [3.05, 3.63) is 28.2 Å². The Morgan fingerprint density at radius 3 is 2.42 bits per heavy atom. The molecule has 2 rings (SSSR count). The van der Waals surface area contributed by atoms with Gasteiger partial charge in [-0.15, -0.1) is 0 Å². The summed E-state index contributed by atoms with van der Waals surface area (Å²) < 4.78 is 30.3. The van der Waals surface area contributed by atoms with Gasteiger partial charge in [0.15, 0.2) is 0 Å². The molecule has 9 heteroatoms. The molecule has 0 spiro atoms. The Hall–Kier alpha value is -0.860. The SMILES string of the molecule is O=C(O)C1COCN1S(=O)(=O)c1cc(Cl)cc(Cl)c1. The van der Waals surface area contributed by atoms with Gasteiger partial charge in [-0.3, -0.25) is 4.79 Å². The number of nitrogens with zero attached hydrogens (tertiary/aromatic N) is 1. The number of halogens is 2. The van der Waals surface area contributed by atoms with Gasteiger partial charge in [0.2, 0.25) is 10.0 Å². The Labute approximate surface area is 119 Å². The number of hydrogen-bond acceptors (Lipinski definition) is 4. The lowest BCUT2D eigenvalue weighted by atomic mass is 10.3. The van der Waals surface area contributed by atoms with Gasteiger partial charge in [0.05, 0.1) is 11.5 Å². The molecule has 1 aliphatic rings. The molecule has 6 nitrogen and oxygen atoms in total. The minimum absolute atomic E-state index is 0.151. The van der Waals surface area contributed by atoms with Gasteiger partial charge in [-0.25, -0.2) is 8.42 Å². The molecule has 0 amide bonds. The molecule has 0 bridgehead atoms. The number of carbonyl (C=O) groups is 1. The Bertz CT molecular complexity index is 598. The maximum absolute atomic E-state index is 12.3. The lowest BCUT2D eigenvalue weighted by Gasteiger charge is -2.19. The highest BCUT2D eigenvalue weighted by Crippen LogP contribution is 2.27. The number of sulfonamides is 1. The Morgan fingerprint density at radius 2 is 1.89 bits per heavy atom. The van der Waals surface area contributed by atoms with E-state index in [0.717, 1.165) is 4.31 Å². The number of hydrogen-bond donors (Lipinski definition) is 1. The predicted octanol–water partition coefficient (Wildman–Crippen LogP) is 1.43. The molecule has 1 aromatic carbocycles. The van der Waals surface area contributed by atoms with Crippen molar-refractivity contribution >= 4 is 39.2 Å². The third-order valence-electron chi connectivity index (χ3n) is 2.57. The van der Waals surface area contributed by atoms with Crippen LogP contribution in [0.15, 0.2) is 23.1 Å². The van der Waals surface area contributed by atoms with E-state index in [4.69, 9.17) is 33.0 Å². The lowest BCUT2D eigenvalue weighted by molar-refractivity contribution is -0.140. The quantitative estimate of drug-likeness (QED) is 0.908. The van der Waals surface area contributed by atoms with Crippen LogP contribution in [-0.2, 0) is 19.6 Å². The van der Waals surface area contributed by atoms with E-state index in [0.29, 0.717) is 0 Å². The van der Waals surface area contributed by atoms with Crippen molar-refractivity contribution in [1.29, 1.82) is 0 Å². The zero-order valence-electron chi connectivity index (χ0n) is 9.42. The average molecular weight is 326 g/mol. The largest absolute Gasteiger partial charge is 0.480 e. The Kier molecular flexibility index (Phi) is 4.03. The van der Waals surface area contributed by atoms with Crippen LogP contribution in [0.5, 0.6) is 0 Å². The molecule has 0 aromatic heterocycles. The van der Waals surface area contributed by atoms with Crippen LogP contribution in [0.1, 0.15) is 0 Å². The van der Waals surface area contributed by atoms with E-state index in [9.17, 15) is 13.2 Å². The van der Waals surface area contributed by atoms with Crippen molar-refractivity contribution in [3.8, 4) is 0 Å². The van der Waals surface area contributed by atoms with E-state index < -0.39 is 22.0 Å². The molecule has 0 aliphatic carbocycles. The van der Waals surface area contributed by atoms with E-state index in [1.165, 1.54) is 18.2 Å². The van der Waals surface area contributed by atoms with Gasteiger partial charge in [0, 0.05) is 10.0 Å². The summed E-state index contributed by atoms with van der Waals surface area (Å²) in [7, 11) is -4.02. The van der Waals surface area contributed by atoms with E-state index in [1.54, 1.807) is 0 Å². The molecule has 104 valence electrons. The van der Waals surface area contributed by atoms with Crippen LogP contribution in [0.3, 0.4) is 0 Å². The van der Waals surface area contributed by atoms with Crippen LogP contribution in [0.4, 0.5) is 0 Å². The van der Waals surface area contributed by atoms with Gasteiger partial charge in [-0.2, -0.15) is 4.31 Å². The maximum Gasteiger partial charge on any atom is 0.324 e. The molecule has 1 aromatic rings. The topological polar surface area (TPSA) is 83.9 Å². The number of rotatable bonds is 3. The van der Waals surface area contributed by atoms with Crippen LogP contribution >= 0.6 is 23.2 Å². The highest BCUT2D eigenvalue weighted by molar-refractivity contribution is 7.89. The zero-order chi connectivity index (χ0) is 14.2. The highest BCUT2D eigenvalue weighted by atomic mass is 35.5. The first kappa shape index (κ1) is 14.5. The minimum Gasteiger partial charge on any atom is -0.480 e. The number of aliphatic carboxylic acids is 1. The van der Waals surface area contributed by atoms with Gasteiger partial charge in [0.1, 0.15) is 12.8 Å². The molecular formula is C10H9Cl2NO5S. The van der Waals surface area contributed by atoms with E-state index in [-0.39, 0.29) is 28.3 Å².